The standard InChI is InChI=1S/C16H27NOS/c1-4-10-17-13-15-9-6-8-14(3)16(15)18-11-7-12-19-5-2/h6,8-9,17H,4-5,7,10-13H2,1-3H3. The summed E-state index contributed by atoms with van der Waals surface area (Å²) in [4.78, 5) is 0. The molecule has 1 rings (SSSR count). The maximum atomic E-state index is 5.99. The Kier molecular flexibility index (Phi) is 8.76. The number of nitrogens with one attached hydrogen (secondary N) is 1. The van der Waals surface area contributed by atoms with Crippen molar-refractivity contribution in [2.24, 2.45) is 0 Å². The summed E-state index contributed by atoms with van der Waals surface area (Å²) in [6.07, 6.45) is 2.28. The van der Waals surface area contributed by atoms with Crippen molar-refractivity contribution in [1.82, 2.24) is 5.32 Å². The predicted molar refractivity (Wildman–Crippen MR) is 86.3 cm³/mol. The van der Waals surface area contributed by atoms with Crippen LogP contribution < -0.4 is 10.1 Å². The van der Waals surface area contributed by atoms with Gasteiger partial charge in [0, 0.05) is 12.1 Å². The first-order chi connectivity index (χ1) is 9.29. The zero-order chi connectivity index (χ0) is 13.9. The van der Waals surface area contributed by atoms with Gasteiger partial charge in [-0.05, 0) is 43.4 Å². The zero-order valence-corrected chi connectivity index (χ0v) is 13.3. The van der Waals surface area contributed by atoms with E-state index in [0.717, 1.165) is 38.3 Å². The lowest BCUT2D eigenvalue weighted by Crippen LogP contribution is -2.15. The van der Waals surface area contributed by atoms with Crippen molar-refractivity contribution in [1.29, 1.82) is 0 Å². The van der Waals surface area contributed by atoms with Crippen molar-refractivity contribution in [3.63, 3.8) is 0 Å². The SMILES string of the molecule is CCCNCc1cccc(C)c1OCCCSCC. The average molecular weight is 281 g/mol. The fourth-order valence-corrected chi connectivity index (χ4v) is 2.55. The van der Waals surface area contributed by atoms with E-state index in [2.05, 4.69) is 44.3 Å². The molecule has 0 saturated heterocycles. The summed E-state index contributed by atoms with van der Waals surface area (Å²) < 4.78 is 5.99. The van der Waals surface area contributed by atoms with Crippen LogP contribution in [0.4, 0.5) is 0 Å². The third-order valence-electron chi connectivity index (χ3n) is 2.92. The van der Waals surface area contributed by atoms with Crippen LogP contribution in [0.15, 0.2) is 18.2 Å². The molecule has 1 aromatic carbocycles. The Bertz CT molecular complexity index is 355. The Hall–Kier alpha value is -0.670. The molecule has 0 aliphatic rings. The minimum atomic E-state index is 0.818. The normalized spacial score (nSPS) is 10.7. The number of para-hydroxylation sites is 1. The number of aryl methyl sites for hydroxylation is 1. The fourth-order valence-electron chi connectivity index (χ4n) is 1.94. The maximum absolute atomic E-state index is 5.99. The van der Waals surface area contributed by atoms with Gasteiger partial charge in [0.25, 0.3) is 0 Å². The second-order valence-corrected chi connectivity index (χ2v) is 6.03. The van der Waals surface area contributed by atoms with E-state index in [9.17, 15) is 0 Å². The molecule has 108 valence electrons. The molecule has 0 amide bonds. The van der Waals surface area contributed by atoms with Gasteiger partial charge in [-0.1, -0.05) is 32.0 Å². The van der Waals surface area contributed by atoms with E-state index in [4.69, 9.17) is 4.74 Å². The lowest BCUT2D eigenvalue weighted by molar-refractivity contribution is 0.312. The van der Waals surface area contributed by atoms with Crippen LogP contribution in [0.25, 0.3) is 0 Å². The highest BCUT2D eigenvalue weighted by molar-refractivity contribution is 7.99. The Morgan fingerprint density at radius 1 is 1.26 bits per heavy atom. The van der Waals surface area contributed by atoms with Gasteiger partial charge in [-0.2, -0.15) is 11.8 Å². The second-order valence-electron chi connectivity index (χ2n) is 4.64. The molecule has 0 aliphatic carbocycles. The van der Waals surface area contributed by atoms with Crippen LogP contribution in [-0.4, -0.2) is 24.7 Å². The lowest BCUT2D eigenvalue weighted by atomic mass is 10.1. The molecular weight excluding hydrogens is 254 g/mol. The maximum Gasteiger partial charge on any atom is 0.126 e. The smallest absolute Gasteiger partial charge is 0.126 e. The molecule has 0 aliphatic heterocycles. The largest absolute Gasteiger partial charge is 0.493 e. The van der Waals surface area contributed by atoms with E-state index >= 15 is 0 Å². The van der Waals surface area contributed by atoms with Crippen LogP contribution in [-0.2, 0) is 6.54 Å². The molecule has 0 unspecified atom stereocenters. The van der Waals surface area contributed by atoms with Crippen LogP contribution in [0.5, 0.6) is 5.75 Å². The van der Waals surface area contributed by atoms with Gasteiger partial charge in [-0.15, -0.1) is 0 Å². The summed E-state index contributed by atoms with van der Waals surface area (Å²) in [5, 5.41) is 3.45. The van der Waals surface area contributed by atoms with Gasteiger partial charge in [0.1, 0.15) is 5.75 Å². The highest BCUT2D eigenvalue weighted by atomic mass is 32.2. The first kappa shape index (κ1) is 16.4. The number of hydrogen-bond donors (Lipinski definition) is 1. The monoisotopic (exact) mass is 281 g/mol. The Balaban J connectivity index is 2.49. The molecule has 1 aromatic rings. The first-order valence-electron chi connectivity index (χ1n) is 7.29. The van der Waals surface area contributed by atoms with Crippen LogP contribution in [0.1, 0.15) is 37.8 Å². The van der Waals surface area contributed by atoms with Crippen molar-refractivity contribution in [3.05, 3.63) is 29.3 Å². The second kappa shape index (κ2) is 10.2. The van der Waals surface area contributed by atoms with Crippen molar-refractivity contribution >= 4 is 11.8 Å². The molecule has 0 aromatic heterocycles. The third kappa shape index (κ3) is 6.35. The predicted octanol–water partition coefficient (Wildman–Crippen LogP) is 4.02. The van der Waals surface area contributed by atoms with Crippen LogP contribution in [0, 0.1) is 6.92 Å². The van der Waals surface area contributed by atoms with Crippen molar-refractivity contribution < 1.29 is 4.74 Å². The molecular formula is C16H27NOS. The topological polar surface area (TPSA) is 21.3 Å². The summed E-state index contributed by atoms with van der Waals surface area (Å²) in [6, 6.07) is 6.39. The van der Waals surface area contributed by atoms with Crippen LogP contribution >= 0.6 is 11.8 Å². The molecule has 19 heavy (non-hydrogen) atoms. The van der Waals surface area contributed by atoms with Gasteiger partial charge in [0.05, 0.1) is 6.61 Å². The molecule has 2 nitrogen and oxygen atoms in total. The van der Waals surface area contributed by atoms with E-state index in [1.807, 2.05) is 11.8 Å². The molecule has 0 bridgehead atoms. The minimum absolute atomic E-state index is 0.818. The number of thioether (sulfide) groups is 1. The highest BCUT2D eigenvalue weighted by Crippen LogP contribution is 2.23. The van der Waals surface area contributed by atoms with Gasteiger partial charge in [-0.3, -0.25) is 0 Å². The summed E-state index contributed by atoms with van der Waals surface area (Å²) in [6.45, 7) is 9.28. The Labute approximate surface area is 122 Å². The van der Waals surface area contributed by atoms with E-state index in [0.29, 0.717) is 0 Å². The van der Waals surface area contributed by atoms with E-state index in [-0.39, 0.29) is 0 Å². The molecule has 1 N–H and O–H groups in total. The van der Waals surface area contributed by atoms with Gasteiger partial charge in [0.2, 0.25) is 0 Å². The Morgan fingerprint density at radius 3 is 2.84 bits per heavy atom. The van der Waals surface area contributed by atoms with Crippen LogP contribution in [0.3, 0.4) is 0 Å². The molecule has 3 heteroatoms. The number of hydrogen-bond acceptors (Lipinski definition) is 3. The molecule has 0 radical (unpaired) electrons. The minimum Gasteiger partial charge on any atom is -0.493 e. The molecule has 0 atom stereocenters. The van der Waals surface area contributed by atoms with E-state index in [1.54, 1.807) is 0 Å². The van der Waals surface area contributed by atoms with Crippen molar-refractivity contribution in [2.75, 3.05) is 24.7 Å². The fraction of sp³-hybridized carbons (Fsp3) is 0.625. The van der Waals surface area contributed by atoms with Crippen molar-refractivity contribution in [2.45, 2.75) is 40.2 Å². The summed E-state index contributed by atoms with van der Waals surface area (Å²) in [5.74, 6) is 3.45. The Morgan fingerprint density at radius 2 is 2.11 bits per heavy atom. The lowest BCUT2D eigenvalue weighted by Gasteiger charge is -2.14. The first-order valence-corrected chi connectivity index (χ1v) is 8.44. The third-order valence-corrected chi connectivity index (χ3v) is 3.90. The molecule has 0 fully saturated rings. The molecule has 0 saturated carbocycles. The number of rotatable bonds is 10. The van der Waals surface area contributed by atoms with Gasteiger partial charge in [0.15, 0.2) is 0 Å². The van der Waals surface area contributed by atoms with Crippen molar-refractivity contribution in [3.8, 4) is 5.75 Å². The van der Waals surface area contributed by atoms with Gasteiger partial charge < -0.3 is 10.1 Å². The summed E-state index contributed by atoms with van der Waals surface area (Å²) in [7, 11) is 0. The van der Waals surface area contributed by atoms with Gasteiger partial charge >= 0.3 is 0 Å². The highest BCUT2D eigenvalue weighted by Gasteiger charge is 2.06. The van der Waals surface area contributed by atoms with E-state index in [1.165, 1.54) is 22.6 Å². The number of ether oxygens (including phenoxy) is 1. The molecule has 0 heterocycles. The average Bonchev–Trinajstić information content (AvgIpc) is 2.41. The zero-order valence-electron chi connectivity index (χ0n) is 12.5. The quantitative estimate of drug-likeness (QED) is 0.655. The number of benzene rings is 1. The molecule has 0 spiro atoms. The van der Waals surface area contributed by atoms with E-state index < -0.39 is 0 Å². The van der Waals surface area contributed by atoms with Gasteiger partial charge in [-0.25, -0.2) is 0 Å². The summed E-state index contributed by atoms with van der Waals surface area (Å²) >= 11 is 1.98. The van der Waals surface area contributed by atoms with Crippen LogP contribution in [0.2, 0.25) is 0 Å². The summed E-state index contributed by atoms with van der Waals surface area (Å²) in [5.41, 5.74) is 2.51.